The van der Waals surface area contributed by atoms with Crippen molar-refractivity contribution >= 4 is 23.3 Å². The summed E-state index contributed by atoms with van der Waals surface area (Å²) in [6.45, 7) is 6.09. The predicted octanol–water partition coefficient (Wildman–Crippen LogP) is 3.83. The molecule has 1 aromatic carbocycles. The highest BCUT2D eigenvalue weighted by Gasteiger charge is 2.45. The summed E-state index contributed by atoms with van der Waals surface area (Å²) in [6.07, 6.45) is 1.12. The lowest BCUT2D eigenvalue weighted by Crippen LogP contribution is -2.27. The molecule has 3 rings (SSSR count). The predicted molar refractivity (Wildman–Crippen MR) is 102 cm³/mol. The van der Waals surface area contributed by atoms with Gasteiger partial charge in [-0.05, 0) is 42.0 Å². The van der Waals surface area contributed by atoms with Crippen LogP contribution in [0.4, 0.5) is 5.82 Å². The van der Waals surface area contributed by atoms with Crippen molar-refractivity contribution in [3.05, 3.63) is 34.9 Å². The lowest BCUT2D eigenvalue weighted by Gasteiger charge is -2.09. The number of anilines is 1. The molecule has 0 spiro atoms. The van der Waals surface area contributed by atoms with Crippen LogP contribution in [0.2, 0.25) is 5.02 Å². The van der Waals surface area contributed by atoms with Crippen molar-refractivity contribution in [1.29, 1.82) is 0 Å². The summed E-state index contributed by atoms with van der Waals surface area (Å²) in [5.41, 5.74) is 1.46. The lowest BCUT2D eigenvalue weighted by atomic mass is 10.1. The van der Waals surface area contributed by atoms with Gasteiger partial charge in [-0.2, -0.15) is 0 Å². The number of halogens is 1. The van der Waals surface area contributed by atoms with E-state index in [4.69, 9.17) is 20.9 Å². The average Bonchev–Trinajstić information content (AvgIpc) is 3.02. The van der Waals surface area contributed by atoms with Crippen molar-refractivity contribution in [2.45, 2.75) is 20.3 Å². The van der Waals surface area contributed by atoms with Crippen LogP contribution in [0.3, 0.4) is 0 Å². The summed E-state index contributed by atoms with van der Waals surface area (Å²) in [5.74, 6) is 1.16. The van der Waals surface area contributed by atoms with E-state index in [0.29, 0.717) is 53.2 Å². The Balaban J connectivity index is 1.82. The molecule has 1 unspecified atom stereocenters. The largest absolute Gasteiger partial charge is 0.383 e. The van der Waals surface area contributed by atoms with Crippen molar-refractivity contribution in [3.8, 4) is 11.3 Å². The first kappa shape index (κ1) is 18.7. The van der Waals surface area contributed by atoms with Crippen molar-refractivity contribution in [3.63, 3.8) is 0 Å². The molecule has 2 aromatic rings. The number of nitrogens with one attached hydrogen (secondary N) is 2. The Morgan fingerprint density at radius 3 is 2.69 bits per heavy atom. The van der Waals surface area contributed by atoms with Gasteiger partial charge in [-0.15, -0.1) is 0 Å². The number of hydrogen-bond acceptors (Lipinski definition) is 5. The molecule has 0 saturated heterocycles. The van der Waals surface area contributed by atoms with Gasteiger partial charge in [0.1, 0.15) is 5.56 Å². The minimum Gasteiger partial charge on any atom is -0.383 e. The molecule has 2 N–H and O–H groups in total. The Hall–Kier alpha value is -2.05. The average molecular weight is 378 g/mol. The monoisotopic (exact) mass is 377 g/mol. The van der Waals surface area contributed by atoms with Gasteiger partial charge in [0.05, 0.1) is 6.61 Å². The Kier molecular flexibility index (Phi) is 5.53. The number of nitrogens with zero attached hydrogens (tertiary/aromatic N) is 1. The van der Waals surface area contributed by atoms with Gasteiger partial charge in [0.15, 0.2) is 11.6 Å². The van der Waals surface area contributed by atoms with E-state index in [1.54, 1.807) is 19.2 Å². The van der Waals surface area contributed by atoms with Gasteiger partial charge in [0.2, 0.25) is 0 Å². The minimum atomic E-state index is -0.196. The number of carbonyl (C=O) groups is 1. The third-order valence-electron chi connectivity index (χ3n) is 4.85. The Bertz CT molecular complexity index is 771. The number of amides is 1. The molecule has 7 heteroatoms. The van der Waals surface area contributed by atoms with E-state index in [-0.39, 0.29) is 5.91 Å². The van der Waals surface area contributed by atoms with E-state index >= 15 is 0 Å². The molecule has 1 aliphatic carbocycles. The van der Waals surface area contributed by atoms with Crippen molar-refractivity contribution < 1.29 is 14.1 Å². The molecule has 1 saturated carbocycles. The SMILES string of the molecule is COCCNc1noc(-c2ccc(Cl)cc2)c1C(=O)NCC1CC1(C)C. The van der Waals surface area contributed by atoms with E-state index in [0.717, 1.165) is 12.0 Å². The molecule has 1 atom stereocenters. The van der Waals surface area contributed by atoms with Crippen LogP contribution in [0.5, 0.6) is 0 Å². The number of carbonyl (C=O) groups excluding carboxylic acids is 1. The zero-order valence-electron chi connectivity index (χ0n) is 15.3. The number of rotatable bonds is 8. The molecule has 1 heterocycles. The molecule has 26 heavy (non-hydrogen) atoms. The van der Waals surface area contributed by atoms with E-state index in [9.17, 15) is 4.79 Å². The first-order valence-corrected chi connectivity index (χ1v) is 9.07. The summed E-state index contributed by atoms with van der Waals surface area (Å²) >= 11 is 5.96. The van der Waals surface area contributed by atoms with Crippen LogP contribution in [0, 0.1) is 11.3 Å². The van der Waals surface area contributed by atoms with Crippen LogP contribution in [0.25, 0.3) is 11.3 Å². The summed E-state index contributed by atoms with van der Waals surface area (Å²) in [6, 6.07) is 7.13. The maximum Gasteiger partial charge on any atom is 0.259 e. The van der Waals surface area contributed by atoms with E-state index in [1.165, 1.54) is 0 Å². The highest BCUT2D eigenvalue weighted by atomic mass is 35.5. The number of ether oxygens (including phenoxy) is 1. The zero-order chi connectivity index (χ0) is 18.7. The van der Waals surface area contributed by atoms with Gasteiger partial charge in [0, 0.05) is 30.8 Å². The van der Waals surface area contributed by atoms with Crippen molar-refractivity contribution in [2.75, 3.05) is 32.1 Å². The highest BCUT2D eigenvalue weighted by molar-refractivity contribution is 6.30. The van der Waals surface area contributed by atoms with Crippen LogP contribution < -0.4 is 10.6 Å². The molecule has 1 fully saturated rings. The fourth-order valence-corrected chi connectivity index (χ4v) is 3.05. The van der Waals surface area contributed by atoms with Crippen LogP contribution in [0.1, 0.15) is 30.6 Å². The smallest absolute Gasteiger partial charge is 0.259 e. The number of methoxy groups -OCH3 is 1. The van der Waals surface area contributed by atoms with Gasteiger partial charge in [0.25, 0.3) is 5.91 Å². The maximum atomic E-state index is 12.9. The van der Waals surface area contributed by atoms with Gasteiger partial charge >= 0.3 is 0 Å². The van der Waals surface area contributed by atoms with E-state index in [2.05, 4.69) is 29.6 Å². The Labute approximate surface area is 158 Å². The third kappa shape index (κ3) is 4.19. The Morgan fingerprint density at radius 2 is 2.08 bits per heavy atom. The Morgan fingerprint density at radius 1 is 1.38 bits per heavy atom. The molecular weight excluding hydrogens is 354 g/mol. The highest BCUT2D eigenvalue weighted by Crippen LogP contribution is 2.51. The number of benzene rings is 1. The maximum absolute atomic E-state index is 12.9. The minimum absolute atomic E-state index is 0.196. The summed E-state index contributed by atoms with van der Waals surface area (Å²) in [4.78, 5) is 12.9. The van der Waals surface area contributed by atoms with Gasteiger partial charge in [-0.3, -0.25) is 4.79 Å². The molecule has 0 aliphatic heterocycles. The topological polar surface area (TPSA) is 76.4 Å². The van der Waals surface area contributed by atoms with Gasteiger partial charge < -0.3 is 19.9 Å². The first-order valence-electron chi connectivity index (χ1n) is 8.69. The quantitative estimate of drug-likeness (QED) is 0.684. The number of aromatic nitrogens is 1. The second-order valence-corrected chi connectivity index (χ2v) is 7.70. The van der Waals surface area contributed by atoms with Gasteiger partial charge in [-0.25, -0.2) is 0 Å². The summed E-state index contributed by atoms with van der Waals surface area (Å²) in [7, 11) is 1.62. The van der Waals surface area contributed by atoms with E-state index in [1.807, 2.05) is 12.1 Å². The van der Waals surface area contributed by atoms with Crippen LogP contribution >= 0.6 is 11.6 Å². The lowest BCUT2D eigenvalue weighted by molar-refractivity contribution is 0.0951. The van der Waals surface area contributed by atoms with Crippen molar-refractivity contribution in [1.82, 2.24) is 10.5 Å². The summed E-state index contributed by atoms with van der Waals surface area (Å²) < 4.78 is 10.5. The fourth-order valence-electron chi connectivity index (χ4n) is 2.92. The summed E-state index contributed by atoms with van der Waals surface area (Å²) in [5, 5.41) is 10.8. The molecule has 1 aromatic heterocycles. The molecule has 140 valence electrons. The zero-order valence-corrected chi connectivity index (χ0v) is 16.0. The van der Waals surface area contributed by atoms with E-state index < -0.39 is 0 Å². The number of hydrogen-bond donors (Lipinski definition) is 2. The normalized spacial score (nSPS) is 17.8. The van der Waals surface area contributed by atoms with Crippen LogP contribution in [-0.2, 0) is 4.74 Å². The van der Waals surface area contributed by atoms with Crippen LogP contribution in [-0.4, -0.2) is 37.9 Å². The molecule has 0 bridgehead atoms. The van der Waals surface area contributed by atoms with Gasteiger partial charge in [-0.1, -0.05) is 30.6 Å². The molecular formula is C19H24ClN3O3. The third-order valence-corrected chi connectivity index (χ3v) is 5.10. The standard InChI is InChI=1S/C19H24ClN3O3/c1-19(2)10-13(19)11-22-18(24)15-16(12-4-6-14(20)7-5-12)26-23-17(15)21-8-9-25-3/h4-7,13H,8-11H2,1-3H3,(H,21,23)(H,22,24). The molecule has 1 aliphatic rings. The fraction of sp³-hybridized carbons (Fsp3) is 0.474. The molecule has 0 radical (unpaired) electrons. The molecule has 1 amide bonds. The second-order valence-electron chi connectivity index (χ2n) is 7.26. The second kappa shape index (κ2) is 7.68. The van der Waals surface area contributed by atoms with Crippen LogP contribution in [0.15, 0.2) is 28.8 Å². The van der Waals surface area contributed by atoms with Crippen molar-refractivity contribution in [2.24, 2.45) is 11.3 Å². The molecule has 6 nitrogen and oxygen atoms in total. The first-order chi connectivity index (χ1) is 12.4.